The Morgan fingerprint density at radius 2 is 1.95 bits per heavy atom. The molecule has 4 atom stereocenters. The molecule has 1 aromatic carbocycles. The number of carbonyl (C=O) groups excluding carboxylic acids is 2. The zero-order valence-corrected chi connectivity index (χ0v) is 13.5. The van der Waals surface area contributed by atoms with Gasteiger partial charge in [0.2, 0.25) is 0 Å². The maximum Gasteiger partial charge on any atom is 0.328 e. The molecule has 4 unspecified atom stereocenters. The number of amides is 1. The van der Waals surface area contributed by atoms with Crippen molar-refractivity contribution in [3.8, 4) is 0 Å². The van der Waals surface area contributed by atoms with Crippen molar-refractivity contribution in [2.24, 2.45) is 17.8 Å². The van der Waals surface area contributed by atoms with Crippen LogP contribution in [0.2, 0.25) is 0 Å². The Morgan fingerprint density at radius 3 is 2.50 bits per heavy atom. The number of hydrogen-bond acceptors (Lipinski definition) is 3. The Labute approximate surface area is 132 Å². The lowest BCUT2D eigenvalue weighted by molar-refractivity contribution is -0.147. The van der Waals surface area contributed by atoms with E-state index in [1.165, 1.54) is 0 Å². The lowest BCUT2D eigenvalue weighted by Gasteiger charge is -2.22. The van der Waals surface area contributed by atoms with Gasteiger partial charge in [-0.05, 0) is 36.3 Å². The van der Waals surface area contributed by atoms with Crippen molar-refractivity contribution in [1.29, 1.82) is 0 Å². The first-order valence-electron chi connectivity index (χ1n) is 8.05. The van der Waals surface area contributed by atoms with Crippen LogP contribution in [0.15, 0.2) is 30.3 Å². The van der Waals surface area contributed by atoms with Crippen LogP contribution in [0.25, 0.3) is 0 Å². The fourth-order valence-corrected chi connectivity index (χ4v) is 2.39. The Morgan fingerprint density at radius 1 is 1.32 bits per heavy atom. The lowest BCUT2D eigenvalue weighted by Crippen LogP contribution is -2.46. The average molecular weight is 303 g/mol. The van der Waals surface area contributed by atoms with Gasteiger partial charge in [-0.25, -0.2) is 4.79 Å². The van der Waals surface area contributed by atoms with Crippen LogP contribution < -0.4 is 5.32 Å². The summed E-state index contributed by atoms with van der Waals surface area (Å²) in [5.74, 6) is 0.622. The van der Waals surface area contributed by atoms with Gasteiger partial charge in [0.15, 0.2) is 0 Å². The van der Waals surface area contributed by atoms with Gasteiger partial charge in [0.05, 0.1) is 6.61 Å². The van der Waals surface area contributed by atoms with E-state index in [9.17, 15) is 9.59 Å². The van der Waals surface area contributed by atoms with E-state index in [-0.39, 0.29) is 17.8 Å². The zero-order valence-electron chi connectivity index (χ0n) is 13.5. The molecule has 0 bridgehead atoms. The third-order valence-electron chi connectivity index (χ3n) is 4.51. The van der Waals surface area contributed by atoms with Crippen molar-refractivity contribution in [3.63, 3.8) is 0 Å². The molecule has 1 fully saturated rings. The van der Waals surface area contributed by atoms with Gasteiger partial charge < -0.3 is 10.1 Å². The summed E-state index contributed by atoms with van der Waals surface area (Å²) in [6, 6.07) is 8.35. The van der Waals surface area contributed by atoms with Gasteiger partial charge in [0.25, 0.3) is 5.91 Å². The van der Waals surface area contributed by atoms with Crippen LogP contribution in [0.3, 0.4) is 0 Å². The summed E-state index contributed by atoms with van der Waals surface area (Å²) in [5, 5.41) is 2.83. The molecule has 120 valence electrons. The maximum absolute atomic E-state index is 12.3. The molecule has 0 saturated heterocycles. The van der Waals surface area contributed by atoms with Gasteiger partial charge in [0.1, 0.15) is 6.04 Å². The maximum atomic E-state index is 12.3. The highest BCUT2D eigenvalue weighted by atomic mass is 16.5. The van der Waals surface area contributed by atoms with Crippen molar-refractivity contribution in [1.82, 2.24) is 5.32 Å². The summed E-state index contributed by atoms with van der Waals surface area (Å²) in [6.07, 6.45) is 1.92. The smallest absolute Gasteiger partial charge is 0.328 e. The molecule has 22 heavy (non-hydrogen) atoms. The van der Waals surface area contributed by atoms with Crippen LogP contribution in [-0.2, 0) is 9.53 Å². The van der Waals surface area contributed by atoms with Gasteiger partial charge in [-0.15, -0.1) is 0 Å². The summed E-state index contributed by atoms with van der Waals surface area (Å²) in [6.45, 7) is 6.58. The highest BCUT2D eigenvalue weighted by Gasteiger charge is 2.35. The molecule has 1 N–H and O–H groups in total. The Bertz CT molecular complexity index is 514. The predicted octanol–water partition coefficient (Wildman–Crippen LogP) is 3.03. The molecule has 0 spiro atoms. The van der Waals surface area contributed by atoms with Crippen LogP contribution in [0, 0.1) is 17.8 Å². The summed E-state index contributed by atoms with van der Waals surface area (Å²) in [4.78, 5) is 24.6. The standard InChI is InChI=1S/C18H25NO3/c1-4-12(2)16(18(21)22-11-15-10-13(15)3)19-17(20)14-8-6-5-7-9-14/h5-9,12-13,15-16H,4,10-11H2,1-3H3,(H,19,20). The van der Waals surface area contributed by atoms with E-state index in [0.29, 0.717) is 24.0 Å². The van der Waals surface area contributed by atoms with Crippen LogP contribution in [0.5, 0.6) is 0 Å². The summed E-state index contributed by atoms with van der Waals surface area (Å²) in [7, 11) is 0. The zero-order chi connectivity index (χ0) is 16.1. The average Bonchev–Trinajstić information content (AvgIpc) is 3.25. The molecule has 0 aliphatic heterocycles. The summed E-state index contributed by atoms with van der Waals surface area (Å²) in [5.41, 5.74) is 0.555. The van der Waals surface area contributed by atoms with Crippen LogP contribution in [-0.4, -0.2) is 24.5 Å². The number of benzene rings is 1. The van der Waals surface area contributed by atoms with Gasteiger partial charge >= 0.3 is 5.97 Å². The largest absolute Gasteiger partial charge is 0.464 e. The van der Waals surface area contributed by atoms with E-state index in [4.69, 9.17) is 4.74 Å². The molecule has 0 radical (unpaired) electrons. The first-order valence-corrected chi connectivity index (χ1v) is 8.05. The summed E-state index contributed by atoms with van der Waals surface area (Å²) >= 11 is 0. The minimum Gasteiger partial charge on any atom is -0.464 e. The molecule has 1 aliphatic carbocycles. The third-order valence-corrected chi connectivity index (χ3v) is 4.51. The molecule has 4 heteroatoms. The molecule has 1 aromatic rings. The number of ether oxygens (including phenoxy) is 1. The SMILES string of the molecule is CCC(C)C(NC(=O)c1ccccc1)C(=O)OCC1CC1C. The lowest BCUT2D eigenvalue weighted by atomic mass is 9.98. The summed E-state index contributed by atoms with van der Waals surface area (Å²) < 4.78 is 5.40. The van der Waals surface area contributed by atoms with Gasteiger partial charge in [0, 0.05) is 5.56 Å². The van der Waals surface area contributed by atoms with Gasteiger partial charge in [-0.1, -0.05) is 45.4 Å². The Kier molecular flexibility index (Phi) is 5.58. The number of rotatable bonds is 7. The number of carbonyl (C=O) groups is 2. The van der Waals surface area contributed by atoms with Crippen LogP contribution in [0.4, 0.5) is 0 Å². The molecular formula is C18H25NO3. The van der Waals surface area contributed by atoms with Crippen LogP contribution in [0.1, 0.15) is 44.0 Å². The van der Waals surface area contributed by atoms with E-state index >= 15 is 0 Å². The van der Waals surface area contributed by atoms with Gasteiger partial charge in [-0.3, -0.25) is 4.79 Å². The Balaban J connectivity index is 1.96. The van der Waals surface area contributed by atoms with Crippen molar-refractivity contribution in [2.45, 2.75) is 39.7 Å². The topological polar surface area (TPSA) is 55.4 Å². The normalized spacial score (nSPS) is 22.5. The van der Waals surface area contributed by atoms with E-state index in [1.807, 2.05) is 19.9 Å². The highest BCUT2D eigenvalue weighted by molar-refractivity contribution is 5.96. The third kappa shape index (κ3) is 4.33. The molecule has 0 heterocycles. The molecule has 2 rings (SSSR count). The quantitative estimate of drug-likeness (QED) is 0.788. The minimum atomic E-state index is -0.591. The second-order valence-corrected chi connectivity index (χ2v) is 6.31. The molecule has 4 nitrogen and oxygen atoms in total. The highest BCUT2D eigenvalue weighted by Crippen LogP contribution is 2.37. The molecule has 1 aliphatic rings. The van der Waals surface area contributed by atoms with E-state index in [1.54, 1.807) is 24.3 Å². The first-order chi connectivity index (χ1) is 10.5. The fraction of sp³-hybridized carbons (Fsp3) is 0.556. The second-order valence-electron chi connectivity index (χ2n) is 6.31. The second kappa shape index (κ2) is 7.43. The van der Waals surface area contributed by atoms with Crippen LogP contribution >= 0.6 is 0 Å². The minimum absolute atomic E-state index is 0.0387. The first kappa shape index (κ1) is 16.5. The van der Waals surface area contributed by atoms with Gasteiger partial charge in [-0.2, -0.15) is 0 Å². The van der Waals surface area contributed by atoms with E-state index < -0.39 is 6.04 Å². The Hall–Kier alpha value is -1.84. The molecule has 1 saturated carbocycles. The molecule has 1 amide bonds. The van der Waals surface area contributed by atoms with E-state index in [0.717, 1.165) is 12.8 Å². The molecule has 0 aromatic heterocycles. The van der Waals surface area contributed by atoms with Crippen molar-refractivity contribution >= 4 is 11.9 Å². The number of esters is 1. The van der Waals surface area contributed by atoms with E-state index in [2.05, 4.69) is 12.2 Å². The predicted molar refractivity (Wildman–Crippen MR) is 85.4 cm³/mol. The number of nitrogens with one attached hydrogen (secondary N) is 1. The fourth-order valence-electron chi connectivity index (χ4n) is 2.39. The van der Waals surface area contributed by atoms with Crippen molar-refractivity contribution in [2.75, 3.05) is 6.61 Å². The van der Waals surface area contributed by atoms with Crippen molar-refractivity contribution in [3.05, 3.63) is 35.9 Å². The van der Waals surface area contributed by atoms with Crippen molar-refractivity contribution < 1.29 is 14.3 Å². The molecular weight excluding hydrogens is 278 g/mol. The number of hydrogen-bond donors (Lipinski definition) is 1. The monoisotopic (exact) mass is 303 g/mol.